The summed E-state index contributed by atoms with van der Waals surface area (Å²) in [6, 6.07) is 15.1. The summed E-state index contributed by atoms with van der Waals surface area (Å²) < 4.78 is 25.4. The Morgan fingerprint density at radius 3 is 2.27 bits per heavy atom. The van der Waals surface area contributed by atoms with E-state index in [1.165, 1.54) is 19.1 Å². The molecule has 4 heteroatoms. The van der Waals surface area contributed by atoms with Crippen molar-refractivity contribution < 1.29 is 13.2 Å². The number of carbonyl (C=O) groups excluding carboxylic acids is 1. The van der Waals surface area contributed by atoms with Gasteiger partial charge in [-0.25, -0.2) is 8.42 Å². The zero-order chi connectivity index (χ0) is 16.2. The minimum Gasteiger partial charge on any atom is -0.299 e. The van der Waals surface area contributed by atoms with E-state index in [2.05, 4.69) is 5.92 Å². The quantitative estimate of drug-likeness (QED) is 0.798. The van der Waals surface area contributed by atoms with E-state index >= 15 is 0 Å². The van der Waals surface area contributed by atoms with Gasteiger partial charge < -0.3 is 0 Å². The predicted octanol–water partition coefficient (Wildman–Crippen LogP) is 2.64. The van der Waals surface area contributed by atoms with E-state index in [0.29, 0.717) is 11.1 Å². The molecule has 0 amide bonds. The lowest BCUT2D eigenvalue weighted by molar-refractivity contribution is -0.116. The maximum Gasteiger partial charge on any atom is 0.188 e. The first-order valence-electron chi connectivity index (χ1n) is 6.80. The first kappa shape index (κ1) is 16.0. The van der Waals surface area contributed by atoms with E-state index in [1.807, 2.05) is 0 Å². The van der Waals surface area contributed by atoms with Crippen molar-refractivity contribution in [3.05, 3.63) is 65.7 Å². The van der Waals surface area contributed by atoms with Crippen LogP contribution in [0.3, 0.4) is 0 Å². The van der Waals surface area contributed by atoms with Crippen molar-refractivity contribution in [2.45, 2.75) is 23.5 Å². The molecule has 0 aromatic heterocycles. The van der Waals surface area contributed by atoms with Crippen LogP contribution in [0.1, 0.15) is 18.1 Å². The van der Waals surface area contributed by atoms with Gasteiger partial charge in [-0.15, -0.1) is 6.42 Å². The molecule has 1 unspecified atom stereocenters. The van der Waals surface area contributed by atoms with Crippen LogP contribution in [0.4, 0.5) is 0 Å². The number of ketones is 1. The summed E-state index contributed by atoms with van der Waals surface area (Å²) in [6.45, 7) is 1.30. The molecule has 2 rings (SSSR count). The first-order chi connectivity index (χ1) is 10.5. The molecule has 1 atom stereocenters. The molecule has 0 bridgehead atoms. The minimum atomic E-state index is -3.74. The predicted molar refractivity (Wildman–Crippen MR) is 86.2 cm³/mol. The highest BCUT2D eigenvalue weighted by Crippen LogP contribution is 2.21. The average Bonchev–Trinajstić information content (AvgIpc) is 2.53. The highest BCUT2D eigenvalue weighted by molar-refractivity contribution is 7.92. The van der Waals surface area contributed by atoms with Gasteiger partial charge >= 0.3 is 0 Å². The standard InChI is InChI=1S/C18H16O3S/c1-3-15-9-7-8-10-16(15)13-18(14(2)19)22(20,21)17-11-5-4-6-12-17/h1,4-12,18H,13H2,2H3. The van der Waals surface area contributed by atoms with Crippen LogP contribution in [0, 0.1) is 12.3 Å². The monoisotopic (exact) mass is 312 g/mol. The van der Waals surface area contributed by atoms with E-state index < -0.39 is 20.9 Å². The molecular weight excluding hydrogens is 296 g/mol. The molecule has 0 spiro atoms. The molecule has 0 saturated carbocycles. The molecule has 112 valence electrons. The molecule has 0 aliphatic rings. The van der Waals surface area contributed by atoms with Gasteiger partial charge in [0.25, 0.3) is 0 Å². The highest BCUT2D eigenvalue weighted by Gasteiger charge is 2.31. The molecule has 0 radical (unpaired) electrons. The van der Waals surface area contributed by atoms with Gasteiger partial charge in [-0.05, 0) is 37.1 Å². The summed E-state index contributed by atoms with van der Waals surface area (Å²) in [5.41, 5.74) is 1.29. The van der Waals surface area contributed by atoms with E-state index in [9.17, 15) is 13.2 Å². The Hall–Kier alpha value is -2.38. The normalized spacial score (nSPS) is 12.4. The van der Waals surface area contributed by atoms with Crippen LogP contribution in [0.5, 0.6) is 0 Å². The van der Waals surface area contributed by atoms with Crippen LogP contribution in [0.25, 0.3) is 0 Å². The summed E-state index contributed by atoms with van der Waals surface area (Å²) >= 11 is 0. The van der Waals surface area contributed by atoms with Crippen LogP contribution >= 0.6 is 0 Å². The van der Waals surface area contributed by atoms with Crippen LogP contribution < -0.4 is 0 Å². The fraction of sp³-hybridized carbons (Fsp3) is 0.167. The van der Waals surface area contributed by atoms with Crippen molar-refractivity contribution in [3.8, 4) is 12.3 Å². The largest absolute Gasteiger partial charge is 0.299 e. The molecule has 2 aromatic rings. The Bertz CT molecular complexity index is 815. The van der Waals surface area contributed by atoms with E-state index in [4.69, 9.17) is 6.42 Å². The molecule has 0 saturated heterocycles. The lowest BCUT2D eigenvalue weighted by atomic mass is 10.0. The summed E-state index contributed by atoms with van der Waals surface area (Å²) in [6.07, 6.45) is 5.51. The summed E-state index contributed by atoms with van der Waals surface area (Å²) in [5, 5.41) is -1.13. The van der Waals surface area contributed by atoms with Crippen molar-refractivity contribution in [1.29, 1.82) is 0 Å². The second kappa shape index (κ2) is 6.59. The smallest absolute Gasteiger partial charge is 0.188 e. The lowest BCUT2D eigenvalue weighted by Crippen LogP contribution is -2.31. The molecule has 0 aliphatic carbocycles. The zero-order valence-electron chi connectivity index (χ0n) is 12.2. The number of Topliss-reactive ketones (excluding diaryl/α,β-unsaturated/α-hetero) is 1. The van der Waals surface area contributed by atoms with Crippen molar-refractivity contribution in [2.24, 2.45) is 0 Å². The number of rotatable bonds is 5. The molecule has 0 heterocycles. The molecule has 0 aliphatic heterocycles. The van der Waals surface area contributed by atoms with Gasteiger partial charge in [0, 0.05) is 5.56 Å². The SMILES string of the molecule is C#Cc1ccccc1CC(C(C)=O)S(=O)(=O)c1ccccc1. The second-order valence-electron chi connectivity index (χ2n) is 4.96. The van der Waals surface area contributed by atoms with E-state index in [-0.39, 0.29) is 11.3 Å². The van der Waals surface area contributed by atoms with Gasteiger partial charge in [0.05, 0.1) is 4.90 Å². The fourth-order valence-corrected chi connectivity index (χ4v) is 3.99. The van der Waals surface area contributed by atoms with Crippen LogP contribution in [-0.4, -0.2) is 19.5 Å². The number of benzene rings is 2. The number of hydrogen-bond donors (Lipinski definition) is 0. The minimum absolute atomic E-state index is 0.0763. The first-order valence-corrected chi connectivity index (χ1v) is 8.35. The Morgan fingerprint density at radius 2 is 1.68 bits per heavy atom. The topological polar surface area (TPSA) is 51.2 Å². The molecule has 3 nitrogen and oxygen atoms in total. The summed E-state index contributed by atoms with van der Waals surface area (Å²) in [7, 11) is -3.74. The molecule has 0 fully saturated rings. The van der Waals surface area contributed by atoms with Gasteiger partial charge in [-0.2, -0.15) is 0 Å². The van der Waals surface area contributed by atoms with Gasteiger partial charge in [-0.3, -0.25) is 4.79 Å². The Labute approximate surface area is 130 Å². The van der Waals surface area contributed by atoms with Crippen LogP contribution in [0.15, 0.2) is 59.5 Å². The molecule has 2 aromatic carbocycles. The fourth-order valence-electron chi connectivity index (χ4n) is 2.29. The summed E-state index contributed by atoms with van der Waals surface area (Å²) in [4.78, 5) is 12.1. The summed E-state index contributed by atoms with van der Waals surface area (Å²) in [5.74, 6) is 2.13. The van der Waals surface area contributed by atoms with Crippen molar-refractivity contribution in [2.75, 3.05) is 0 Å². The Morgan fingerprint density at radius 1 is 1.09 bits per heavy atom. The second-order valence-corrected chi connectivity index (χ2v) is 7.09. The maximum absolute atomic E-state index is 12.7. The van der Waals surface area contributed by atoms with Gasteiger partial charge in [0.2, 0.25) is 0 Å². The Balaban J connectivity index is 2.44. The zero-order valence-corrected chi connectivity index (χ0v) is 13.0. The highest BCUT2D eigenvalue weighted by atomic mass is 32.2. The lowest BCUT2D eigenvalue weighted by Gasteiger charge is -2.16. The number of hydrogen-bond acceptors (Lipinski definition) is 3. The number of carbonyl (C=O) groups is 1. The maximum atomic E-state index is 12.7. The number of terminal acetylenes is 1. The van der Waals surface area contributed by atoms with Gasteiger partial charge in [0.15, 0.2) is 9.84 Å². The van der Waals surface area contributed by atoms with E-state index in [1.54, 1.807) is 42.5 Å². The average molecular weight is 312 g/mol. The van der Waals surface area contributed by atoms with Gasteiger partial charge in [-0.1, -0.05) is 42.3 Å². The molecular formula is C18H16O3S. The Kier molecular flexibility index (Phi) is 4.79. The molecule has 22 heavy (non-hydrogen) atoms. The third-order valence-corrected chi connectivity index (χ3v) is 5.65. The third kappa shape index (κ3) is 3.26. The molecule has 0 N–H and O–H groups in total. The van der Waals surface area contributed by atoms with E-state index in [0.717, 1.165) is 0 Å². The van der Waals surface area contributed by atoms with Crippen molar-refractivity contribution in [1.82, 2.24) is 0 Å². The third-order valence-electron chi connectivity index (χ3n) is 3.48. The van der Waals surface area contributed by atoms with Crippen LogP contribution in [0.2, 0.25) is 0 Å². The van der Waals surface area contributed by atoms with Crippen molar-refractivity contribution in [3.63, 3.8) is 0 Å². The number of sulfone groups is 1. The van der Waals surface area contributed by atoms with Crippen LogP contribution in [-0.2, 0) is 21.1 Å². The van der Waals surface area contributed by atoms with Crippen molar-refractivity contribution >= 4 is 15.6 Å². The van der Waals surface area contributed by atoms with Gasteiger partial charge in [0.1, 0.15) is 11.0 Å².